The number of unbranched alkanes of at least 4 members (excludes halogenated alkanes) is 5. The zero-order valence-corrected chi connectivity index (χ0v) is 11.5. The van der Waals surface area contributed by atoms with Crippen LogP contribution in [0.2, 0.25) is 5.15 Å². The number of halogens is 1. The second-order valence-corrected chi connectivity index (χ2v) is 4.90. The molecule has 0 aliphatic carbocycles. The summed E-state index contributed by atoms with van der Waals surface area (Å²) in [6, 6.07) is 0. The molecule has 0 atom stereocenters. The molecule has 0 aliphatic rings. The van der Waals surface area contributed by atoms with Crippen molar-refractivity contribution in [2.24, 2.45) is 0 Å². The highest BCUT2D eigenvalue weighted by molar-refractivity contribution is 6.32. The van der Waals surface area contributed by atoms with Gasteiger partial charge in [0, 0.05) is 18.8 Å². The van der Waals surface area contributed by atoms with Gasteiger partial charge in [0.1, 0.15) is 5.82 Å². The number of fused-ring (bicyclic) bond motifs is 1. The van der Waals surface area contributed by atoms with Crippen molar-refractivity contribution < 1.29 is 0 Å². The van der Waals surface area contributed by atoms with Gasteiger partial charge in [-0.2, -0.15) is 0 Å². The van der Waals surface area contributed by atoms with Crippen molar-refractivity contribution in [2.75, 3.05) is 0 Å². The number of aryl methyl sites for hydroxylation is 1. The Balaban J connectivity index is 1.86. The first-order chi connectivity index (χ1) is 8.83. The third kappa shape index (κ3) is 3.19. The van der Waals surface area contributed by atoms with Crippen LogP contribution in [0, 0.1) is 0 Å². The molecule has 5 heteroatoms. The minimum atomic E-state index is 0.416. The van der Waals surface area contributed by atoms with Crippen LogP contribution in [-0.4, -0.2) is 19.6 Å². The number of rotatable bonds is 7. The second-order valence-electron chi connectivity index (χ2n) is 4.55. The van der Waals surface area contributed by atoms with E-state index in [0.29, 0.717) is 10.8 Å². The summed E-state index contributed by atoms with van der Waals surface area (Å²) in [4.78, 5) is 3.99. The Bertz CT molecular complexity index is 495. The predicted molar refractivity (Wildman–Crippen MR) is 72.9 cm³/mol. The Kier molecular flexibility index (Phi) is 4.93. The fourth-order valence-corrected chi connectivity index (χ4v) is 2.26. The summed E-state index contributed by atoms with van der Waals surface area (Å²) in [5.41, 5.74) is 0.653. The largest absolute Gasteiger partial charge is 0.282 e. The molecular weight excluding hydrogens is 248 g/mol. The molecule has 0 bridgehead atoms. The highest BCUT2D eigenvalue weighted by Crippen LogP contribution is 2.14. The first-order valence-electron chi connectivity index (χ1n) is 6.67. The number of hydrogen-bond donors (Lipinski definition) is 0. The maximum absolute atomic E-state index is 5.95. The lowest BCUT2D eigenvalue weighted by molar-refractivity contribution is 0.599. The number of hydrogen-bond acceptors (Lipinski definition) is 3. The summed E-state index contributed by atoms with van der Waals surface area (Å²) < 4.78 is 1.93. The van der Waals surface area contributed by atoms with E-state index in [1.807, 2.05) is 10.6 Å². The van der Waals surface area contributed by atoms with E-state index in [9.17, 15) is 0 Å². The van der Waals surface area contributed by atoms with E-state index in [2.05, 4.69) is 22.1 Å². The van der Waals surface area contributed by atoms with E-state index in [1.54, 1.807) is 6.20 Å². The van der Waals surface area contributed by atoms with Crippen LogP contribution in [0.1, 0.15) is 51.3 Å². The minimum absolute atomic E-state index is 0.416. The Morgan fingerprint density at radius 3 is 2.72 bits per heavy atom. The van der Waals surface area contributed by atoms with Gasteiger partial charge in [0.2, 0.25) is 0 Å². The van der Waals surface area contributed by atoms with Gasteiger partial charge in [0.15, 0.2) is 10.8 Å². The number of nitrogens with zero attached hydrogens (tertiary/aromatic N) is 4. The minimum Gasteiger partial charge on any atom is -0.282 e. The van der Waals surface area contributed by atoms with Crippen molar-refractivity contribution in [2.45, 2.75) is 51.9 Å². The summed E-state index contributed by atoms with van der Waals surface area (Å²) in [5, 5.41) is 8.66. The van der Waals surface area contributed by atoms with Crippen molar-refractivity contribution in [1.82, 2.24) is 19.6 Å². The Morgan fingerprint density at radius 2 is 1.89 bits per heavy atom. The van der Waals surface area contributed by atoms with Crippen LogP contribution in [0.4, 0.5) is 0 Å². The fourth-order valence-electron chi connectivity index (χ4n) is 2.08. The first-order valence-corrected chi connectivity index (χ1v) is 7.05. The molecule has 0 fully saturated rings. The van der Waals surface area contributed by atoms with Gasteiger partial charge < -0.3 is 0 Å². The summed E-state index contributed by atoms with van der Waals surface area (Å²) >= 11 is 5.95. The van der Waals surface area contributed by atoms with Gasteiger partial charge in [-0.05, 0) is 6.42 Å². The Labute approximate surface area is 112 Å². The van der Waals surface area contributed by atoms with Crippen LogP contribution >= 0.6 is 11.6 Å². The molecule has 2 heterocycles. The van der Waals surface area contributed by atoms with Gasteiger partial charge in [0.05, 0.1) is 0 Å². The molecule has 98 valence electrons. The van der Waals surface area contributed by atoms with Crippen molar-refractivity contribution in [1.29, 1.82) is 0 Å². The van der Waals surface area contributed by atoms with Gasteiger partial charge in [-0.1, -0.05) is 50.6 Å². The lowest BCUT2D eigenvalue weighted by Gasteiger charge is -2.01. The van der Waals surface area contributed by atoms with E-state index in [0.717, 1.165) is 18.7 Å². The molecule has 0 saturated heterocycles. The molecule has 18 heavy (non-hydrogen) atoms. The predicted octanol–water partition coefficient (Wildman–Crippen LogP) is 3.68. The van der Waals surface area contributed by atoms with E-state index < -0.39 is 0 Å². The van der Waals surface area contributed by atoms with E-state index in [-0.39, 0.29) is 0 Å². The van der Waals surface area contributed by atoms with Crippen molar-refractivity contribution in [3.8, 4) is 0 Å². The summed E-state index contributed by atoms with van der Waals surface area (Å²) in [5.74, 6) is 0.977. The van der Waals surface area contributed by atoms with Crippen molar-refractivity contribution in [3.05, 3.63) is 23.4 Å². The molecule has 0 radical (unpaired) electrons. The van der Waals surface area contributed by atoms with Gasteiger partial charge >= 0.3 is 0 Å². The van der Waals surface area contributed by atoms with E-state index in [4.69, 9.17) is 11.6 Å². The lowest BCUT2D eigenvalue weighted by atomic mass is 10.1. The standard InChI is InChI=1S/C13H19ClN4/c1-2-3-4-5-6-7-8-11-16-17-13-12(14)15-9-10-18(11)13/h9-10H,2-8H2,1H3. The maximum atomic E-state index is 5.95. The molecule has 0 unspecified atom stereocenters. The summed E-state index contributed by atoms with van der Waals surface area (Å²) in [6.45, 7) is 2.24. The highest BCUT2D eigenvalue weighted by atomic mass is 35.5. The highest BCUT2D eigenvalue weighted by Gasteiger charge is 2.08. The quantitative estimate of drug-likeness (QED) is 0.718. The average molecular weight is 267 g/mol. The molecule has 0 amide bonds. The lowest BCUT2D eigenvalue weighted by Crippen LogP contribution is -1.95. The molecular formula is C13H19ClN4. The van der Waals surface area contributed by atoms with Crippen LogP contribution in [-0.2, 0) is 6.42 Å². The molecule has 2 rings (SSSR count). The van der Waals surface area contributed by atoms with Crippen LogP contribution < -0.4 is 0 Å². The molecule has 0 aromatic carbocycles. The first kappa shape index (κ1) is 13.3. The third-order valence-corrected chi connectivity index (χ3v) is 3.38. The normalized spacial score (nSPS) is 11.2. The molecule has 0 aliphatic heterocycles. The topological polar surface area (TPSA) is 43.1 Å². The molecule has 2 aromatic heterocycles. The molecule has 0 saturated carbocycles. The van der Waals surface area contributed by atoms with Crippen LogP contribution in [0.5, 0.6) is 0 Å². The van der Waals surface area contributed by atoms with Gasteiger partial charge in [0.25, 0.3) is 0 Å². The third-order valence-electron chi connectivity index (χ3n) is 3.11. The van der Waals surface area contributed by atoms with E-state index in [1.165, 1.54) is 32.1 Å². The molecule has 0 N–H and O–H groups in total. The Hall–Kier alpha value is -1.16. The van der Waals surface area contributed by atoms with Gasteiger partial charge in [-0.25, -0.2) is 4.98 Å². The Morgan fingerprint density at radius 1 is 1.11 bits per heavy atom. The number of aromatic nitrogens is 4. The van der Waals surface area contributed by atoms with E-state index >= 15 is 0 Å². The van der Waals surface area contributed by atoms with Crippen molar-refractivity contribution >= 4 is 17.2 Å². The molecule has 4 nitrogen and oxygen atoms in total. The zero-order chi connectivity index (χ0) is 12.8. The average Bonchev–Trinajstić information content (AvgIpc) is 2.79. The second kappa shape index (κ2) is 6.69. The smallest absolute Gasteiger partial charge is 0.198 e. The molecule has 0 spiro atoms. The van der Waals surface area contributed by atoms with Gasteiger partial charge in [-0.15, -0.1) is 10.2 Å². The van der Waals surface area contributed by atoms with Crippen LogP contribution in [0.25, 0.3) is 5.65 Å². The molecule has 2 aromatic rings. The summed E-state index contributed by atoms with van der Waals surface area (Å²) in [6.07, 6.45) is 12.2. The monoisotopic (exact) mass is 266 g/mol. The summed E-state index contributed by atoms with van der Waals surface area (Å²) in [7, 11) is 0. The van der Waals surface area contributed by atoms with Crippen molar-refractivity contribution in [3.63, 3.8) is 0 Å². The van der Waals surface area contributed by atoms with Gasteiger partial charge in [-0.3, -0.25) is 4.40 Å². The maximum Gasteiger partial charge on any atom is 0.198 e. The SMILES string of the molecule is CCCCCCCCc1nnc2c(Cl)nccn12. The zero-order valence-electron chi connectivity index (χ0n) is 10.8. The van der Waals surface area contributed by atoms with Crippen LogP contribution in [0.3, 0.4) is 0 Å². The van der Waals surface area contributed by atoms with Crippen LogP contribution in [0.15, 0.2) is 12.4 Å². The fraction of sp³-hybridized carbons (Fsp3) is 0.615.